The first-order valence-electron chi connectivity index (χ1n) is 8.79. The molecule has 2 heteroatoms. The molecule has 0 aliphatic carbocycles. The van der Waals surface area contributed by atoms with Crippen molar-refractivity contribution in [2.45, 2.75) is 32.1 Å². The van der Waals surface area contributed by atoms with Crippen LogP contribution in [0.4, 0.5) is 11.4 Å². The zero-order valence-corrected chi connectivity index (χ0v) is 14.6. The SMILES string of the molecule is CCC1Cc2ccccc2N(CCCN(C)C)c2ccccc21. The molecule has 0 amide bonds. The number of rotatable bonds is 5. The van der Waals surface area contributed by atoms with E-state index in [4.69, 9.17) is 0 Å². The van der Waals surface area contributed by atoms with Crippen molar-refractivity contribution in [1.29, 1.82) is 0 Å². The van der Waals surface area contributed by atoms with Gasteiger partial charge in [-0.15, -0.1) is 0 Å². The summed E-state index contributed by atoms with van der Waals surface area (Å²) in [5.74, 6) is 0.617. The van der Waals surface area contributed by atoms with Crippen molar-refractivity contribution in [2.75, 3.05) is 32.1 Å². The highest BCUT2D eigenvalue weighted by Crippen LogP contribution is 2.41. The zero-order valence-electron chi connectivity index (χ0n) is 14.6. The molecule has 0 saturated heterocycles. The van der Waals surface area contributed by atoms with Gasteiger partial charge in [0.15, 0.2) is 0 Å². The minimum atomic E-state index is 0.617. The number of hydrogen-bond acceptors (Lipinski definition) is 2. The van der Waals surface area contributed by atoms with Gasteiger partial charge in [0.2, 0.25) is 0 Å². The number of hydrogen-bond donors (Lipinski definition) is 0. The molecule has 2 aromatic carbocycles. The fourth-order valence-electron chi connectivity index (χ4n) is 3.68. The van der Waals surface area contributed by atoms with E-state index in [0.717, 1.165) is 19.5 Å². The third kappa shape index (κ3) is 3.42. The summed E-state index contributed by atoms with van der Waals surface area (Å²) in [6.07, 6.45) is 3.51. The lowest BCUT2D eigenvalue weighted by Crippen LogP contribution is -2.24. The van der Waals surface area contributed by atoms with Gasteiger partial charge in [0.25, 0.3) is 0 Å². The highest BCUT2D eigenvalue weighted by Gasteiger charge is 2.25. The Morgan fingerprint density at radius 3 is 2.43 bits per heavy atom. The van der Waals surface area contributed by atoms with Crippen molar-refractivity contribution in [2.24, 2.45) is 0 Å². The van der Waals surface area contributed by atoms with Crippen LogP contribution in [0.5, 0.6) is 0 Å². The molecule has 0 spiro atoms. The number of nitrogens with zero attached hydrogens (tertiary/aromatic N) is 2. The fraction of sp³-hybridized carbons (Fsp3) is 0.429. The number of para-hydroxylation sites is 2. The van der Waals surface area contributed by atoms with Gasteiger partial charge in [0, 0.05) is 17.9 Å². The van der Waals surface area contributed by atoms with Crippen LogP contribution in [0.3, 0.4) is 0 Å². The van der Waals surface area contributed by atoms with E-state index in [1.165, 1.54) is 35.3 Å². The minimum Gasteiger partial charge on any atom is -0.341 e. The monoisotopic (exact) mass is 308 g/mol. The Balaban J connectivity index is 2.02. The summed E-state index contributed by atoms with van der Waals surface area (Å²) in [5.41, 5.74) is 5.80. The summed E-state index contributed by atoms with van der Waals surface area (Å²) in [4.78, 5) is 4.81. The Hall–Kier alpha value is -1.80. The maximum atomic E-state index is 2.55. The molecule has 0 saturated carbocycles. The first-order chi connectivity index (χ1) is 11.2. The maximum absolute atomic E-state index is 2.55. The molecule has 0 fully saturated rings. The first-order valence-corrected chi connectivity index (χ1v) is 8.79. The molecule has 1 atom stereocenters. The summed E-state index contributed by atoms with van der Waals surface area (Å²) in [6, 6.07) is 18.0. The van der Waals surface area contributed by atoms with Crippen molar-refractivity contribution in [3.63, 3.8) is 0 Å². The molecular weight excluding hydrogens is 280 g/mol. The lowest BCUT2D eigenvalue weighted by molar-refractivity contribution is 0.402. The average Bonchev–Trinajstić information content (AvgIpc) is 2.70. The lowest BCUT2D eigenvalue weighted by atomic mass is 9.90. The second-order valence-corrected chi connectivity index (χ2v) is 6.81. The van der Waals surface area contributed by atoms with Crippen LogP contribution in [0.15, 0.2) is 48.5 Å². The molecule has 1 aliphatic heterocycles. The van der Waals surface area contributed by atoms with Gasteiger partial charge in [0.1, 0.15) is 0 Å². The maximum Gasteiger partial charge on any atom is 0.0446 e. The van der Waals surface area contributed by atoms with Gasteiger partial charge in [-0.3, -0.25) is 0 Å². The largest absolute Gasteiger partial charge is 0.341 e. The highest BCUT2D eigenvalue weighted by molar-refractivity contribution is 5.72. The van der Waals surface area contributed by atoms with Crippen LogP contribution in [0, 0.1) is 0 Å². The third-order valence-electron chi connectivity index (χ3n) is 4.90. The van der Waals surface area contributed by atoms with E-state index < -0.39 is 0 Å². The normalized spacial score (nSPS) is 16.9. The summed E-state index contributed by atoms with van der Waals surface area (Å²) in [6.45, 7) is 4.51. The van der Waals surface area contributed by atoms with Crippen molar-refractivity contribution < 1.29 is 0 Å². The van der Waals surface area contributed by atoms with Gasteiger partial charge < -0.3 is 9.80 Å². The Morgan fingerprint density at radius 2 is 1.70 bits per heavy atom. The first kappa shape index (κ1) is 16.1. The number of anilines is 2. The number of fused-ring (bicyclic) bond motifs is 2. The smallest absolute Gasteiger partial charge is 0.0446 e. The lowest BCUT2D eigenvalue weighted by Gasteiger charge is -2.28. The number of benzene rings is 2. The Labute approximate surface area is 140 Å². The molecular formula is C21H28N2. The van der Waals surface area contributed by atoms with E-state index in [2.05, 4.69) is 79.3 Å². The molecule has 1 unspecified atom stereocenters. The highest BCUT2D eigenvalue weighted by atomic mass is 15.1. The van der Waals surface area contributed by atoms with E-state index in [0.29, 0.717) is 5.92 Å². The molecule has 1 aliphatic rings. The molecule has 0 radical (unpaired) electrons. The molecule has 2 nitrogen and oxygen atoms in total. The Morgan fingerprint density at radius 1 is 1.00 bits per heavy atom. The van der Waals surface area contributed by atoms with E-state index in [1.807, 2.05) is 0 Å². The van der Waals surface area contributed by atoms with Gasteiger partial charge in [-0.2, -0.15) is 0 Å². The van der Waals surface area contributed by atoms with Crippen LogP contribution in [0.2, 0.25) is 0 Å². The van der Waals surface area contributed by atoms with Gasteiger partial charge in [-0.25, -0.2) is 0 Å². The fourth-order valence-corrected chi connectivity index (χ4v) is 3.68. The standard InChI is InChI=1S/C21H28N2/c1-4-17-16-18-10-5-7-12-20(18)23(15-9-14-22(2)3)21-13-8-6-11-19(17)21/h5-8,10-13,17H,4,9,14-16H2,1-3H3. The molecule has 2 aromatic rings. The van der Waals surface area contributed by atoms with E-state index >= 15 is 0 Å². The Bertz CT molecular complexity index is 648. The second-order valence-electron chi connectivity index (χ2n) is 6.81. The minimum absolute atomic E-state index is 0.617. The van der Waals surface area contributed by atoms with Gasteiger partial charge >= 0.3 is 0 Å². The summed E-state index contributed by atoms with van der Waals surface area (Å²) < 4.78 is 0. The molecule has 3 rings (SSSR count). The molecule has 122 valence electrons. The second kappa shape index (κ2) is 7.18. The summed E-state index contributed by atoms with van der Waals surface area (Å²) >= 11 is 0. The van der Waals surface area contributed by atoms with Crippen LogP contribution in [-0.4, -0.2) is 32.1 Å². The van der Waals surface area contributed by atoms with Crippen LogP contribution < -0.4 is 4.90 Å². The topological polar surface area (TPSA) is 6.48 Å². The quantitative estimate of drug-likeness (QED) is 0.781. The molecule has 0 aromatic heterocycles. The predicted molar refractivity (Wildman–Crippen MR) is 99.8 cm³/mol. The zero-order chi connectivity index (χ0) is 16.2. The molecule has 0 N–H and O–H groups in total. The van der Waals surface area contributed by atoms with Crippen LogP contribution in [0.1, 0.15) is 36.8 Å². The van der Waals surface area contributed by atoms with Gasteiger partial charge in [0.05, 0.1) is 0 Å². The van der Waals surface area contributed by atoms with Gasteiger partial charge in [-0.05, 0) is 69.1 Å². The van der Waals surface area contributed by atoms with Gasteiger partial charge in [-0.1, -0.05) is 43.3 Å². The predicted octanol–water partition coefficient (Wildman–Crippen LogP) is 4.83. The summed E-state index contributed by atoms with van der Waals surface area (Å²) in [7, 11) is 4.30. The Kier molecular flexibility index (Phi) is 5.02. The summed E-state index contributed by atoms with van der Waals surface area (Å²) in [5, 5.41) is 0. The van der Waals surface area contributed by atoms with Crippen LogP contribution >= 0.6 is 0 Å². The molecule has 23 heavy (non-hydrogen) atoms. The molecule has 1 heterocycles. The molecule has 0 bridgehead atoms. The van der Waals surface area contributed by atoms with Crippen molar-refractivity contribution in [1.82, 2.24) is 4.90 Å². The van der Waals surface area contributed by atoms with Crippen LogP contribution in [0.25, 0.3) is 0 Å². The van der Waals surface area contributed by atoms with Crippen molar-refractivity contribution >= 4 is 11.4 Å². The van der Waals surface area contributed by atoms with Crippen molar-refractivity contribution in [3.8, 4) is 0 Å². The van der Waals surface area contributed by atoms with E-state index in [1.54, 1.807) is 0 Å². The average molecular weight is 308 g/mol. The van der Waals surface area contributed by atoms with Crippen LogP contribution in [-0.2, 0) is 6.42 Å². The third-order valence-corrected chi connectivity index (χ3v) is 4.90. The van der Waals surface area contributed by atoms with E-state index in [9.17, 15) is 0 Å². The van der Waals surface area contributed by atoms with Crippen molar-refractivity contribution in [3.05, 3.63) is 59.7 Å². The van der Waals surface area contributed by atoms with E-state index in [-0.39, 0.29) is 0 Å².